The maximum atomic E-state index is 12.5. The summed E-state index contributed by atoms with van der Waals surface area (Å²) in [6, 6.07) is 13.7. The van der Waals surface area contributed by atoms with Crippen LogP contribution in [0.4, 0.5) is 17.4 Å². The van der Waals surface area contributed by atoms with E-state index in [1.807, 2.05) is 24.3 Å². The predicted molar refractivity (Wildman–Crippen MR) is 131 cm³/mol. The second-order valence-corrected chi connectivity index (χ2v) is 10.1. The van der Waals surface area contributed by atoms with Crippen LogP contribution >= 0.6 is 0 Å². The van der Waals surface area contributed by atoms with Crippen molar-refractivity contribution < 1.29 is 31.3 Å². The molecule has 1 saturated carbocycles. The molecule has 0 spiro atoms. The summed E-state index contributed by atoms with van der Waals surface area (Å²) in [6.07, 6.45) is 4.49. The Morgan fingerprint density at radius 3 is 2.39 bits per heavy atom. The third kappa shape index (κ3) is 7.04. The Morgan fingerprint density at radius 2 is 1.72 bits per heavy atom. The number of carbonyl (C=O) groups is 2. The molecule has 4 rings (SSSR count). The molecule has 2 N–H and O–H groups in total. The normalized spacial score (nSPS) is 17.7. The summed E-state index contributed by atoms with van der Waals surface area (Å²) >= 11 is 0. The van der Waals surface area contributed by atoms with Crippen LogP contribution in [0, 0.1) is 0 Å². The molecule has 0 aliphatic heterocycles. The molecule has 2 aromatic carbocycles. The van der Waals surface area contributed by atoms with Crippen molar-refractivity contribution in [2.45, 2.75) is 44.6 Å². The summed E-state index contributed by atoms with van der Waals surface area (Å²) in [7, 11) is -3.67. The summed E-state index contributed by atoms with van der Waals surface area (Å²) in [5.74, 6) is -0.558. The number of aromatic nitrogens is 2. The van der Waals surface area contributed by atoms with E-state index >= 15 is 0 Å². The van der Waals surface area contributed by atoms with Crippen molar-refractivity contribution >= 4 is 39.4 Å². The van der Waals surface area contributed by atoms with Gasteiger partial charge in [-0.2, -0.15) is 8.42 Å². The molecule has 1 aromatic heterocycles. The van der Waals surface area contributed by atoms with Crippen LogP contribution in [-0.4, -0.2) is 42.9 Å². The van der Waals surface area contributed by atoms with Crippen molar-refractivity contribution in [2.24, 2.45) is 0 Å². The minimum absolute atomic E-state index is 0.00383. The van der Waals surface area contributed by atoms with Crippen LogP contribution < -0.4 is 14.8 Å². The van der Waals surface area contributed by atoms with Gasteiger partial charge < -0.3 is 24.0 Å². The van der Waals surface area contributed by atoms with Gasteiger partial charge in [0.25, 0.3) is 0 Å². The zero-order chi connectivity index (χ0) is 25.7. The highest BCUT2D eigenvalue weighted by Gasteiger charge is 2.24. The van der Waals surface area contributed by atoms with Gasteiger partial charge in [0.1, 0.15) is 11.9 Å². The lowest BCUT2D eigenvalue weighted by molar-refractivity contribution is -0.147. The molecule has 1 fully saturated rings. The van der Waals surface area contributed by atoms with Gasteiger partial charge in [0, 0.05) is 24.4 Å². The van der Waals surface area contributed by atoms with E-state index in [1.54, 1.807) is 12.1 Å². The fourth-order valence-electron chi connectivity index (χ4n) is 4.06. The molecule has 0 saturated heterocycles. The van der Waals surface area contributed by atoms with E-state index in [1.165, 1.54) is 24.6 Å². The Balaban J connectivity index is 1.32. The molecule has 36 heavy (non-hydrogen) atoms. The maximum Gasteiger partial charge on any atom is 0.320 e. The van der Waals surface area contributed by atoms with Gasteiger partial charge in [0.2, 0.25) is 0 Å². The first kappa shape index (κ1) is 25.2. The topological polar surface area (TPSA) is 150 Å². The lowest BCUT2D eigenvalue weighted by atomic mass is 9.82. The molecule has 1 heterocycles. The molecule has 0 radical (unpaired) electrons. The molecular weight excluding hydrogens is 488 g/mol. The molecular formula is C24H26N4O7S. The van der Waals surface area contributed by atoms with Gasteiger partial charge in [-0.15, -0.1) is 5.10 Å². The molecule has 1 aliphatic carbocycles. The summed E-state index contributed by atoms with van der Waals surface area (Å²) in [6.45, 7) is 1.43. The van der Waals surface area contributed by atoms with Crippen LogP contribution in [0.25, 0.3) is 0 Å². The number of hydrogen-bond donors (Lipinski definition) is 2. The lowest BCUT2D eigenvalue weighted by Crippen LogP contribution is -2.22. The van der Waals surface area contributed by atoms with Gasteiger partial charge in [-0.3, -0.25) is 9.59 Å². The first-order valence-corrected chi connectivity index (χ1v) is 13.1. The van der Waals surface area contributed by atoms with Gasteiger partial charge in [-0.25, -0.2) is 0 Å². The zero-order valence-electron chi connectivity index (χ0n) is 19.8. The van der Waals surface area contributed by atoms with Crippen LogP contribution in [0.3, 0.4) is 0 Å². The Hall–Kier alpha value is -3.93. The lowest BCUT2D eigenvalue weighted by Gasteiger charge is -2.28. The van der Waals surface area contributed by atoms with Crippen molar-refractivity contribution in [3.8, 4) is 5.75 Å². The van der Waals surface area contributed by atoms with E-state index in [0.29, 0.717) is 17.3 Å². The van der Waals surface area contributed by atoms with Crippen LogP contribution in [-0.2, 0) is 19.6 Å². The second kappa shape index (κ2) is 10.8. The van der Waals surface area contributed by atoms with Crippen LogP contribution in [0.1, 0.15) is 54.8 Å². The number of benzene rings is 2. The van der Waals surface area contributed by atoms with Gasteiger partial charge in [-0.05, 0) is 61.4 Å². The maximum absolute atomic E-state index is 12.5. The molecule has 190 valence electrons. The largest absolute Gasteiger partial charge is 0.463 e. The van der Waals surface area contributed by atoms with Crippen molar-refractivity contribution in [3.63, 3.8) is 0 Å². The van der Waals surface area contributed by atoms with E-state index in [-0.39, 0.29) is 29.7 Å². The second-order valence-electron chi connectivity index (χ2n) is 8.51. The van der Waals surface area contributed by atoms with E-state index < -0.39 is 16.0 Å². The monoisotopic (exact) mass is 514 g/mol. The number of rotatable bonds is 8. The summed E-state index contributed by atoms with van der Waals surface area (Å²) in [5.41, 5.74) is 2.18. The molecule has 0 bridgehead atoms. The standard InChI is InChI=1S/C24H26N4O7S/c1-15(29)33-20-12-8-17(9-13-20)16-6-10-18(11-7-16)25-22(30)23-27-28-24(34-23)26-19-4-3-5-21(14-19)35-36(2,31)32/h3-7,10-11,14,17,20H,8-9,12-13H2,1-2H3,(H,25,30)(H,26,28). The molecule has 1 aliphatic rings. The van der Waals surface area contributed by atoms with Crippen molar-refractivity contribution in [2.75, 3.05) is 16.9 Å². The average Bonchev–Trinajstić information content (AvgIpc) is 3.27. The summed E-state index contributed by atoms with van der Waals surface area (Å²) in [4.78, 5) is 23.7. The smallest absolute Gasteiger partial charge is 0.320 e. The molecule has 0 unspecified atom stereocenters. The van der Waals surface area contributed by atoms with Gasteiger partial charge in [0.15, 0.2) is 0 Å². The van der Waals surface area contributed by atoms with Crippen molar-refractivity contribution in [1.29, 1.82) is 0 Å². The molecule has 1 amide bonds. The van der Waals surface area contributed by atoms with Gasteiger partial charge in [-0.1, -0.05) is 23.3 Å². The number of amides is 1. The molecule has 12 heteroatoms. The number of anilines is 3. The van der Waals surface area contributed by atoms with Crippen molar-refractivity contribution in [3.05, 3.63) is 60.0 Å². The van der Waals surface area contributed by atoms with Crippen LogP contribution in [0.15, 0.2) is 52.9 Å². The zero-order valence-corrected chi connectivity index (χ0v) is 20.6. The van der Waals surface area contributed by atoms with E-state index in [9.17, 15) is 18.0 Å². The highest BCUT2D eigenvalue weighted by Crippen LogP contribution is 2.34. The van der Waals surface area contributed by atoms with Crippen LogP contribution in [0.5, 0.6) is 5.75 Å². The van der Waals surface area contributed by atoms with Crippen molar-refractivity contribution in [1.82, 2.24) is 10.2 Å². The Kier molecular flexibility index (Phi) is 7.53. The fourth-order valence-corrected chi connectivity index (χ4v) is 4.51. The Morgan fingerprint density at radius 1 is 1.00 bits per heavy atom. The fraction of sp³-hybridized carbons (Fsp3) is 0.333. The van der Waals surface area contributed by atoms with Crippen LogP contribution in [0.2, 0.25) is 0 Å². The molecule has 3 aromatic rings. The third-order valence-corrected chi connectivity index (χ3v) is 6.09. The van der Waals surface area contributed by atoms with E-state index in [4.69, 9.17) is 13.3 Å². The summed E-state index contributed by atoms with van der Waals surface area (Å²) < 4.78 is 38.1. The number of ether oxygens (including phenoxy) is 1. The van der Waals surface area contributed by atoms with E-state index in [0.717, 1.165) is 31.9 Å². The quantitative estimate of drug-likeness (QED) is 0.334. The predicted octanol–water partition coefficient (Wildman–Crippen LogP) is 3.99. The first-order chi connectivity index (χ1) is 17.1. The molecule has 11 nitrogen and oxygen atoms in total. The Labute approximate surface area is 208 Å². The minimum Gasteiger partial charge on any atom is -0.463 e. The highest BCUT2D eigenvalue weighted by atomic mass is 32.2. The number of nitrogens with one attached hydrogen (secondary N) is 2. The first-order valence-electron chi connectivity index (χ1n) is 11.3. The Bertz CT molecular complexity index is 1330. The number of hydrogen-bond acceptors (Lipinski definition) is 10. The third-order valence-electron chi connectivity index (χ3n) is 5.60. The highest BCUT2D eigenvalue weighted by molar-refractivity contribution is 7.86. The SMILES string of the molecule is CC(=O)OC1CCC(c2ccc(NC(=O)c3nnc(Nc4cccc(OS(C)(=O)=O)c4)o3)cc2)CC1. The van der Waals surface area contributed by atoms with Gasteiger partial charge in [0.05, 0.1) is 6.26 Å². The summed E-state index contributed by atoms with van der Waals surface area (Å²) in [5, 5.41) is 13.1. The molecule has 0 atom stereocenters. The van der Waals surface area contributed by atoms with E-state index in [2.05, 4.69) is 20.8 Å². The van der Waals surface area contributed by atoms with Gasteiger partial charge >= 0.3 is 33.9 Å². The minimum atomic E-state index is -3.67. The number of carbonyl (C=O) groups excluding carboxylic acids is 2. The number of esters is 1. The number of nitrogens with zero attached hydrogens (tertiary/aromatic N) is 2. The average molecular weight is 515 g/mol.